The highest BCUT2D eigenvalue weighted by Gasteiger charge is 2.52. The van der Waals surface area contributed by atoms with E-state index in [4.69, 9.17) is 0 Å². The smallest absolute Gasteiger partial charge is 0.391 e. The molecule has 2 saturated heterocycles. The molecule has 0 aromatic rings. The van der Waals surface area contributed by atoms with Crippen molar-refractivity contribution in [3.05, 3.63) is 0 Å². The number of amides is 1. The lowest BCUT2D eigenvalue weighted by Gasteiger charge is -2.39. The lowest BCUT2D eigenvalue weighted by molar-refractivity contribution is -0.196. The highest BCUT2D eigenvalue weighted by molar-refractivity contribution is 5.83. The Morgan fingerprint density at radius 1 is 1.17 bits per heavy atom. The molecule has 1 saturated carbocycles. The van der Waals surface area contributed by atoms with Gasteiger partial charge in [-0.3, -0.25) is 14.5 Å². The summed E-state index contributed by atoms with van der Waals surface area (Å²) in [7, 11) is 1.03. The van der Waals surface area contributed by atoms with Gasteiger partial charge in [-0.05, 0) is 25.7 Å². The average Bonchev–Trinajstić information content (AvgIpc) is 3.22. The zero-order chi connectivity index (χ0) is 21.2. The number of carbonyl (C=O) groups excluding carboxylic acids is 2. The van der Waals surface area contributed by atoms with Crippen molar-refractivity contribution < 1.29 is 31.9 Å². The van der Waals surface area contributed by atoms with Gasteiger partial charge in [-0.15, -0.1) is 0 Å². The van der Waals surface area contributed by atoms with Gasteiger partial charge in [-0.25, -0.2) is 15.2 Å². The maximum atomic E-state index is 14.6. The molecule has 3 rings (SSSR count). The summed E-state index contributed by atoms with van der Waals surface area (Å²) in [5.41, 5.74) is 5.94. The van der Waals surface area contributed by atoms with Crippen molar-refractivity contribution in [2.24, 2.45) is 11.8 Å². The number of hydrogen-bond acceptors (Lipinski definition) is 7. The Morgan fingerprint density at radius 2 is 1.93 bits per heavy atom. The van der Waals surface area contributed by atoms with Crippen LogP contribution in [0.1, 0.15) is 25.7 Å². The van der Waals surface area contributed by atoms with E-state index in [-0.39, 0.29) is 6.17 Å². The van der Waals surface area contributed by atoms with E-state index >= 15 is 0 Å². The number of nitrogens with one attached hydrogen (secondary N) is 4. The topological polar surface area (TPSA) is 94.7 Å². The van der Waals surface area contributed by atoms with Crippen molar-refractivity contribution in [1.29, 1.82) is 0 Å². The van der Waals surface area contributed by atoms with E-state index in [2.05, 4.69) is 31.1 Å². The normalized spacial score (nSPS) is 36.6. The minimum atomic E-state index is -4.61. The molecule has 6 unspecified atom stereocenters. The summed E-state index contributed by atoms with van der Waals surface area (Å²) >= 11 is 0. The van der Waals surface area contributed by atoms with Crippen LogP contribution >= 0.6 is 0 Å². The van der Waals surface area contributed by atoms with Gasteiger partial charge in [0.1, 0.15) is 12.2 Å². The van der Waals surface area contributed by atoms with Crippen LogP contribution in [0, 0.1) is 11.8 Å². The fraction of sp³-hybridized carbons (Fsp3) is 0.882. The Kier molecular flexibility index (Phi) is 6.97. The molecule has 8 nitrogen and oxygen atoms in total. The zero-order valence-electron chi connectivity index (χ0n) is 16.1. The van der Waals surface area contributed by atoms with Gasteiger partial charge in [0.05, 0.1) is 31.2 Å². The first kappa shape index (κ1) is 22.2. The summed E-state index contributed by atoms with van der Waals surface area (Å²) < 4.78 is 58.4. The van der Waals surface area contributed by atoms with Crippen LogP contribution in [0.15, 0.2) is 0 Å². The van der Waals surface area contributed by atoms with Gasteiger partial charge in [0, 0.05) is 19.8 Å². The third-order valence-corrected chi connectivity index (χ3v) is 5.95. The van der Waals surface area contributed by atoms with Gasteiger partial charge >= 0.3 is 12.1 Å². The number of methoxy groups -OCH3 is 1. The number of alkyl halides is 4. The minimum Gasteiger partial charge on any atom is -0.469 e. The molecule has 166 valence electrons. The molecule has 0 radical (unpaired) electrons. The summed E-state index contributed by atoms with van der Waals surface area (Å²) in [5.74, 6) is -4.84. The summed E-state index contributed by atoms with van der Waals surface area (Å²) in [6, 6.07) is -2.02. The maximum Gasteiger partial charge on any atom is 0.391 e. The van der Waals surface area contributed by atoms with E-state index in [1.807, 2.05) is 0 Å². The summed E-state index contributed by atoms with van der Waals surface area (Å²) in [5, 5.41) is 5.66. The van der Waals surface area contributed by atoms with Gasteiger partial charge in [0.2, 0.25) is 5.91 Å². The van der Waals surface area contributed by atoms with Crippen molar-refractivity contribution in [2.45, 2.75) is 56.3 Å². The molecule has 2 heterocycles. The number of halogens is 4. The van der Waals surface area contributed by atoms with E-state index in [0.717, 1.165) is 26.9 Å². The standard InChI is InChI=1S/C17H27F4N5O3/c1-29-16(28)10-6-9(17(19,20)21)7-11(18)14(10)23-15(27)12-2-3-13(25-24-12)26-5-4-22-8-26/h9-14,22,24-25H,2-8H2,1H3,(H,23,27). The monoisotopic (exact) mass is 425 g/mol. The first-order valence-corrected chi connectivity index (χ1v) is 9.75. The Hall–Kier alpha value is -1.50. The molecule has 1 aliphatic carbocycles. The SMILES string of the molecule is COC(=O)C1CC(C(F)(F)F)CC(F)C1NC(=O)C1CCC(N2CCNC2)NN1. The molecule has 2 aliphatic heterocycles. The van der Waals surface area contributed by atoms with Crippen LogP contribution in [0.4, 0.5) is 17.6 Å². The molecule has 12 heteroatoms. The van der Waals surface area contributed by atoms with Crippen LogP contribution in [-0.4, -0.2) is 74.2 Å². The van der Waals surface area contributed by atoms with Gasteiger partial charge < -0.3 is 15.4 Å². The number of carbonyl (C=O) groups is 2. The van der Waals surface area contributed by atoms with Gasteiger partial charge in [-0.2, -0.15) is 13.2 Å². The Bertz CT molecular complexity index is 594. The first-order chi connectivity index (χ1) is 13.7. The molecule has 1 amide bonds. The molecular formula is C17H27F4N5O3. The van der Waals surface area contributed by atoms with Crippen molar-refractivity contribution in [2.75, 3.05) is 26.9 Å². The van der Waals surface area contributed by atoms with Crippen molar-refractivity contribution in [3.63, 3.8) is 0 Å². The molecule has 0 spiro atoms. The number of ether oxygens (including phenoxy) is 1. The number of esters is 1. The van der Waals surface area contributed by atoms with E-state index in [0.29, 0.717) is 12.8 Å². The van der Waals surface area contributed by atoms with Crippen LogP contribution < -0.4 is 21.5 Å². The van der Waals surface area contributed by atoms with Gasteiger partial charge in [-0.1, -0.05) is 0 Å². The van der Waals surface area contributed by atoms with E-state index < -0.39 is 61.0 Å². The minimum absolute atomic E-state index is 0.0491. The lowest BCUT2D eigenvalue weighted by Crippen LogP contribution is -2.64. The first-order valence-electron chi connectivity index (χ1n) is 9.75. The Labute approximate surface area is 166 Å². The molecule has 0 aromatic heterocycles. The van der Waals surface area contributed by atoms with Crippen molar-refractivity contribution >= 4 is 11.9 Å². The maximum absolute atomic E-state index is 14.6. The highest BCUT2D eigenvalue weighted by Crippen LogP contribution is 2.41. The predicted molar refractivity (Wildman–Crippen MR) is 93.8 cm³/mol. The quantitative estimate of drug-likeness (QED) is 0.373. The predicted octanol–water partition coefficient (Wildman–Crippen LogP) is 0.0162. The van der Waals surface area contributed by atoms with E-state index in [1.165, 1.54) is 0 Å². The molecule has 6 atom stereocenters. The van der Waals surface area contributed by atoms with E-state index in [1.54, 1.807) is 0 Å². The van der Waals surface area contributed by atoms with Crippen LogP contribution in [0.2, 0.25) is 0 Å². The third-order valence-electron chi connectivity index (χ3n) is 5.95. The Morgan fingerprint density at radius 3 is 2.48 bits per heavy atom. The number of hydrogen-bond donors (Lipinski definition) is 4. The largest absolute Gasteiger partial charge is 0.469 e. The molecule has 4 N–H and O–H groups in total. The van der Waals surface area contributed by atoms with Crippen LogP contribution in [0.5, 0.6) is 0 Å². The number of hydrazine groups is 1. The second-order valence-electron chi connectivity index (χ2n) is 7.79. The van der Waals surface area contributed by atoms with Gasteiger partial charge in [0.15, 0.2) is 0 Å². The third kappa shape index (κ3) is 5.16. The number of nitrogens with zero attached hydrogens (tertiary/aromatic N) is 1. The summed E-state index contributed by atoms with van der Waals surface area (Å²) in [6.07, 6.45) is -6.81. The van der Waals surface area contributed by atoms with Crippen molar-refractivity contribution in [3.8, 4) is 0 Å². The fourth-order valence-electron chi connectivity index (χ4n) is 4.26. The molecular weight excluding hydrogens is 398 g/mol. The van der Waals surface area contributed by atoms with Crippen LogP contribution in [-0.2, 0) is 14.3 Å². The molecule has 3 fully saturated rings. The molecule has 0 bridgehead atoms. The molecule has 0 aromatic carbocycles. The van der Waals surface area contributed by atoms with E-state index in [9.17, 15) is 27.2 Å². The highest BCUT2D eigenvalue weighted by atomic mass is 19.4. The summed E-state index contributed by atoms with van der Waals surface area (Å²) in [4.78, 5) is 26.8. The lowest BCUT2D eigenvalue weighted by atomic mass is 9.76. The second kappa shape index (κ2) is 9.11. The fourth-order valence-corrected chi connectivity index (χ4v) is 4.26. The Balaban J connectivity index is 1.59. The van der Waals surface area contributed by atoms with Crippen molar-refractivity contribution in [1.82, 2.24) is 26.4 Å². The van der Waals surface area contributed by atoms with Gasteiger partial charge in [0.25, 0.3) is 0 Å². The molecule has 3 aliphatic rings. The van der Waals surface area contributed by atoms with Crippen LogP contribution in [0.25, 0.3) is 0 Å². The van der Waals surface area contributed by atoms with Crippen LogP contribution in [0.3, 0.4) is 0 Å². The second-order valence-corrected chi connectivity index (χ2v) is 7.79. The number of rotatable bonds is 4. The molecule has 29 heavy (non-hydrogen) atoms. The zero-order valence-corrected chi connectivity index (χ0v) is 16.1. The summed E-state index contributed by atoms with van der Waals surface area (Å²) in [6.45, 7) is 2.50. The average molecular weight is 425 g/mol.